The van der Waals surface area contributed by atoms with E-state index in [4.69, 9.17) is 5.73 Å². The molecule has 5 rings (SSSR count). The molecule has 1 unspecified atom stereocenters. The SMILES string of the molecule is CCC(=O)Nc1ccc(-c2c(-c3ccc4c(c3)CC(NC(C)=O)C4)c3c(N)ncnc3n2C)cc1. The third-order valence-corrected chi connectivity index (χ3v) is 6.59. The zero-order chi connectivity index (χ0) is 24.7. The second-order valence-corrected chi connectivity index (χ2v) is 9.01. The molecule has 178 valence electrons. The Kier molecular flexibility index (Phi) is 5.72. The van der Waals surface area contributed by atoms with Crippen LogP contribution in [0.3, 0.4) is 0 Å². The highest BCUT2D eigenvalue weighted by Gasteiger charge is 2.26. The van der Waals surface area contributed by atoms with Gasteiger partial charge in [-0.25, -0.2) is 9.97 Å². The Balaban J connectivity index is 1.64. The van der Waals surface area contributed by atoms with Gasteiger partial charge in [0.05, 0.1) is 11.1 Å². The number of hydrogen-bond donors (Lipinski definition) is 3. The fourth-order valence-corrected chi connectivity index (χ4v) is 5.02. The first-order valence-electron chi connectivity index (χ1n) is 11.7. The summed E-state index contributed by atoms with van der Waals surface area (Å²) in [4.78, 5) is 32.2. The van der Waals surface area contributed by atoms with Gasteiger partial charge in [0.1, 0.15) is 17.8 Å². The summed E-state index contributed by atoms with van der Waals surface area (Å²) >= 11 is 0. The normalized spacial score (nSPS) is 14.7. The number of benzene rings is 2. The Morgan fingerprint density at radius 2 is 1.77 bits per heavy atom. The highest BCUT2D eigenvalue weighted by Crippen LogP contribution is 2.42. The van der Waals surface area contributed by atoms with E-state index < -0.39 is 0 Å². The molecule has 4 N–H and O–H groups in total. The molecule has 0 aliphatic heterocycles. The predicted octanol–water partition coefficient (Wildman–Crippen LogP) is 3.84. The van der Waals surface area contributed by atoms with Crippen LogP contribution in [0.5, 0.6) is 0 Å². The number of anilines is 2. The highest BCUT2D eigenvalue weighted by atomic mass is 16.2. The molecule has 35 heavy (non-hydrogen) atoms. The lowest BCUT2D eigenvalue weighted by atomic mass is 9.96. The van der Waals surface area contributed by atoms with Crippen molar-refractivity contribution < 1.29 is 9.59 Å². The van der Waals surface area contributed by atoms with E-state index in [0.717, 1.165) is 51.9 Å². The molecule has 4 aromatic rings. The standard InChI is InChI=1S/C27H28N6O2/c1-4-22(35)32-20-9-7-16(8-10-20)25-23(24-26(28)29-14-30-27(24)33(25)3)18-6-5-17-12-21(31-15(2)34)13-19(17)11-18/h5-11,14,21H,4,12-13H2,1-3H3,(H,31,34)(H,32,35)(H2,28,29,30). The van der Waals surface area contributed by atoms with Crippen molar-refractivity contribution in [3.8, 4) is 22.4 Å². The molecule has 2 amide bonds. The molecule has 0 saturated heterocycles. The van der Waals surface area contributed by atoms with Crippen molar-refractivity contribution >= 4 is 34.4 Å². The lowest BCUT2D eigenvalue weighted by Gasteiger charge is -2.11. The Bertz CT molecular complexity index is 1460. The predicted molar refractivity (Wildman–Crippen MR) is 138 cm³/mol. The largest absolute Gasteiger partial charge is 0.383 e. The van der Waals surface area contributed by atoms with Gasteiger partial charge < -0.3 is 20.9 Å². The van der Waals surface area contributed by atoms with Crippen molar-refractivity contribution in [1.82, 2.24) is 19.9 Å². The summed E-state index contributed by atoms with van der Waals surface area (Å²) in [6, 6.07) is 14.3. The molecule has 0 bridgehead atoms. The molecule has 0 radical (unpaired) electrons. The molecule has 2 aromatic heterocycles. The number of aryl methyl sites for hydroxylation is 1. The van der Waals surface area contributed by atoms with Gasteiger partial charge in [-0.05, 0) is 47.2 Å². The fraction of sp³-hybridized carbons (Fsp3) is 0.259. The Labute approximate surface area is 203 Å². The number of nitrogens with one attached hydrogen (secondary N) is 2. The van der Waals surface area contributed by atoms with E-state index in [-0.39, 0.29) is 17.9 Å². The second-order valence-electron chi connectivity index (χ2n) is 9.01. The van der Waals surface area contributed by atoms with Gasteiger partial charge in [0, 0.05) is 37.7 Å². The first-order chi connectivity index (χ1) is 16.9. The molecule has 8 heteroatoms. The summed E-state index contributed by atoms with van der Waals surface area (Å²) in [5.74, 6) is 0.389. The van der Waals surface area contributed by atoms with Crippen LogP contribution in [0.15, 0.2) is 48.8 Å². The van der Waals surface area contributed by atoms with Crippen molar-refractivity contribution in [2.75, 3.05) is 11.1 Å². The molecule has 8 nitrogen and oxygen atoms in total. The first kappa shape index (κ1) is 22.6. The molecule has 0 spiro atoms. The van der Waals surface area contributed by atoms with Crippen LogP contribution in [-0.4, -0.2) is 32.4 Å². The first-order valence-corrected chi connectivity index (χ1v) is 11.7. The Morgan fingerprint density at radius 3 is 2.49 bits per heavy atom. The summed E-state index contributed by atoms with van der Waals surface area (Å²) in [6.07, 6.45) is 3.53. The van der Waals surface area contributed by atoms with Gasteiger partial charge in [-0.1, -0.05) is 37.3 Å². The van der Waals surface area contributed by atoms with Crippen LogP contribution in [0.2, 0.25) is 0 Å². The zero-order valence-electron chi connectivity index (χ0n) is 20.1. The number of hydrogen-bond acceptors (Lipinski definition) is 5. The van der Waals surface area contributed by atoms with E-state index in [1.807, 2.05) is 42.8 Å². The van der Waals surface area contributed by atoms with E-state index in [1.54, 1.807) is 6.92 Å². The van der Waals surface area contributed by atoms with Crippen LogP contribution in [0.1, 0.15) is 31.4 Å². The number of carbonyl (C=O) groups is 2. The number of nitrogens with two attached hydrogens (primary N) is 1. The maximum absolute atomic E-state index is 11.8. The molecule has 1 aliphatic rings. The van der Waals surface area contributed by atoms with Gasteiger partial charge >= 0.3 is 0 Å². The average Bonchev–Trinajstić information content (AvgIpc) is 3.37. The van der Waals surface area contributed by atoms with Crippen molar-refractivity contribution in [3.05, 3.63) is 59.9 Å². The van der Waals surface area contributed by atoms with Crippen LogP contribution >= 0.6 is 0 Å². The minimum Gasteiger partial charge on any atom is -0.383 e. The third kappa shape index (κ3) is 4.12. The van der Waals surface area contributed by atoms with Gasteiger partial charge in [0.25, 0.3) is 0 Å². The average molecular weight is 469 g/mol. The number of amides is 2. The summed E-state index contributed by atoms with van der Waals surface area (Å²) in [6.45, 7) is 3.38. The molecule has 0 fully saturated rings. The van der Waals surface area contributed by atoms with Crippen LogP contribution < -0.4 is 16.4 Å². The summed E-state index contributed by atoms with van der Waals surface area (Å²) in [7, 11) is 1.97. The maximum Gasteiger partial charge on any atom is 0.224 e. The van der Waals surface area contributed by atoms with Gasteiger partial charge in [-0.15, -0.1) is 0 Å². The van der Waals surface area contributed by atoms with E-state index >= 15 is 0 Å². The van der Waals surface area contributed by atoms with E-state index in [0.29, 0.717) is 12.2 Å². The molecule has 2 aromatic carbocycles. The van der Waals surface area contributed by atoms with Gasteiger partial charge in [-0.2, -0.15) is 0 Å². The second kappa shape index (κ2) is 8.87. The van der Waals surface area contributed by atoms with Gasteiger partial charge in [0.15, 0.2) is 0 Å². The van der Waals surface area contributed by atoms with Gasteiger partial charge in [-0.3, -0.25) is 9.59 Å². The van der Waals surface area contributed by atoms with E-state index in [1.165, 1.54) is 17.5 Å². The van der Waals surface area contributed by atoms with Crippen LogP contribution in [-0.2, 0) is 29.5 Å². The monoisotopic (exact) mass is 468 g/mol. The highest BCUT2D eigenvalue weighted by molar-refractivity contribution is 6.08. The Hall–Kier alpha value is -4.20. The molecule has 0 saturated carbocycles. The topological polar surface area (TPSA) is 115 Å². The van der Waals surface area contributed by atoms with E-state index in [9.17, 15) is 9.59 Å². The quantitative estimate of drug-likeness (QED) is 0.412. The number of fused-ring (bicyclic) bond motifs is 2. The van der Waals surface area contributed by atoms with Crippen LogP contribution in [0, 0.1) is 0 Å². The Morgan fingerprint density at radius 1 is 1.06 bits per heavy atom. The maximum atomic E-state index is 11.8. The number of carbonyl (C=O) groups excluding carboxylic acids is 2. The van der Waals surface area contributed by atoms with Crippen molar-refractivity contribution in [1.29, 1.82) is 0 Å². The molecule has 2 heterocycles. The molecular formula is C27H28N6O2. The van der Waals surface area contributed by atoms with Crippen molar-refractivity contribution in [3.63, 3.8) is 0 Å². The molecule has 1 atom stereocenters. The van der Waals surface area contributed by atoms with Crippen molar-refractivity contribution in [2.45, 2.75) is 39.2 Å². The van der Waals surface area contributed by atoms with Crippen LogP contribution in [0.4, 0.5) is 11.5 Å². The minimum absolute atomic E-state index is 0.0112. The van der Waals surface area contributed by atoms with Crippen LogP contribution in [0.25, 0.3) is 33.4 Å². The zero-order valence-corrected chi connectivity index (χ0v) is 20.1. The molecular weight excluding hydrogens is 440 g/mol. The number of nitrogen functional groups attached to an aromatic ring is 1. The summed E-state index contributed by atoms with van der Waals surface area (Å²) in [5.41, 5.74) is 14.3. The minimum atomic E-state index is -0.0261. The number of rotatable bonds is 5. The van der Waals surface area contributed by atoms with Gasteiger partial charge in [0.2, 0.25) is 11.8 Å². The number of nitrogens with zero attached hydrogens (tertiary/aromatic N) is 3. The summed E-state index contributed by atoms with van der Waals surface area (Å²) < 4.78 is 2.04. The molecule has 1 aliphatic carbocycles. The third-order valence-electron chi connectivity index (χ3n) is 6.59. The van der Waals surface area contributed by atoms with Crippen molar-refractivity contribution in [2.24, 2.45) is 7.05 Å². The lowest BCUT2D eigenvalue weighted by Crippen LogP contribution is -2.33. The fourth-order valence-electron chi connectivity index (χ4n) is 5.02. The van der Waals surface area contributed by atoms with E-state index in [2.05, 4.69) is 38.8 Å². The summed E-state index contributed by atoms with van der Waals surface area (Å²) in [5, 5.41) is 6.74. The smallest absolute Gasteiger partial charge is 0.224 e. The number of aromatic nitrogens is 3. The lowest BCUT2D eigenvalue weighted by molar-refractivity contribution is -0.119.